The summed E-state index contributed by atoms with van der Waals surface area (Å²) in [6.07, 6.45) is 0. The van der Waals surface area contributed by atoms with Crippen molar-refractivity contribution in [2.75, 3.05) is 17.9 Å². The molecule has 4 N–H and O–H groups in total. The van der Waals surface area contributed by atoms with Gasteiger partial charge in [0.25, 0.3) is 0 Å². The van der Waals surface area contributed by atoms with E-state index in [1.165, 1.54) is 11.4 Å². The summed E-state index contributed by atoms with van der Waals surface area (Å²) in [5, 5.41) is 7.28. The first-order chi connectivity index (χ1) is 8.74. The molecule has 7 heteroatoms. The van der Waals surface area contributed by atoms with Gasteiger partial charge in [0.05, 0.1) is 5.69 Å². The van der Waals surface area contributed by atoms with Gasteiger partial charge in [0.15, 0.2) is 0 Å². The average Bonchev–Trinajstić information content (AvgIpc) is 2.35. The van der Waals surface area contributed by atoms with Crippen molar-refractivity contribution in [1.82, 2.24) is 4.72 Å². The van der Waals surface area contributed by atoms with E-state index < -0.39 is 10.2 Å². The Kier molecular flexibility index (Phi) is 4.90. The third-order valence-electron chi connectivity index (χ3n) is 2.58. The van der Waals surface area contributed by atoms with Crippen molar-refractivity contribution < 1.29 is 8.42 Å². The number of nitrogens with one attached hydrogen (secondary N) is 2. The Morgan fingerprint density at radius 3 is 2.32 bits per heavy atom. The molecule has 1 aromatic carbocycles. The Labute approximate surface area is 114 Å². The summed E-state index contributed by atoms with van der Waals surface area (Å²) in [4.78, 5) is 0. The highest BCUT2D eigenvalue weighted by Gasteiger charge is 2.17. The normalized spacial score (nSPS) is 11.6. The molecule has 1 aromatic rings. The molecule has 0 aliphatic rings. The molecule has 6 nitrogen and oxygen atoms in total. The minimum absolute atomic E-state index is 0.0463. The van der Waals surface area contributed by atoms with Crippen LogP contribution in [0.2, 0.25) is 0 Å². The maximum atomic E-state index is 12.0. The van der Waals surface area contributed by atoms with Crippen LogP contribution in [0.25, 0.3) is 0 Å². The average molecular weight is 284 g/mol. The van der Waals surface area contributed by atoms with Gasteiger partial charge < -0.3 is 5.73 Å². The number of nitrogens with zero attached hydrogens (tertiary/aromatic N) is 1. The van der Waals surface area contributed by atoms with Crippen LogP contribution in [0.5, 0.6) is 0 Å². The van der Waals surface area contributed by atoms with Crippen molar-refractivity contribution in [1.29, 1.82) is 5.41 Å². The van der Waals surface area contributed by atoms with Crippen LogP contribution in [-0.4, -0.2) is 27.8 Å². The molecule has 0 fully saturated rings. The van der Waals surface area contributed by atoms with E-state index in [1.54, 1.807) is 24.3 Å². The zero-order valence-electron chi connectivity index (χ0n) is 11.3. The van der Waals surface area contributed by atoms with Gasteiger partial charge in [-0.2, -0.15) is 13.1 Å². The monoisotopic (exact) mass is 284 g/mol. The summed E-state index contributed by atoms with van der Waals surface area (Å²) in [5.41, 5.74) is 6.42. The van der Waals surface area contributed by atoms with E-state index in [4.69, 9.17) is 11.1 Å². The van der Waals surface area contributed by atoms with Gasteiger partial charge in [0.2, 0.25) is 0 Å². The van der Waals surface area contributed by atoms with Crippen molar-refractivity contribution in [3.63, 3.8) is 0 Å². The van der Waals surface area contributed by atoms with E-state index in [2.05, 4.69) is 4.72 Å². The predicted molar refractivity (Wildman–Crippen MR) is 77.6 cm³/mol. The minimum Gasteiger partial charge on any atom is -0.384 e. The van der Waals surface area contributed by atoms with Crippen LogP contribution in [0, 0.1) is 11.3 Å². The number of hydrogen-bond donors (Lipinski definition) is 3. The zero-order chi connectivity index (χ0) is 14.6. The van der Waals surface area contributed by atoms with Crippen LogP contribution in [0.1, 0.15) is 19.4 Å². The van der Waals surface area contributed by atoms with Gasteiger partial charge in [0, 0.05) is 19.2 Å². The molecule has 106 valence electrons. The molecule has 0 bridgehead atoms. The van der Waals surface area contributed by atoms with Crippen LogP contribution < -0.4 is 14.8 Å². The molecular weight excluding hydrogens is 264 g/mol. The predicted octanol–water partition coefficient (Wildman–Crippen LogP) is 0.897. The Morgan fingerprint density at radius 2 is 1.89 bits per heavy atom. The number of nitrogens with two attached hydrogens (primary N) is 1. The molecule has 0 aromatic heterocycles. The van der Waals surface area contributed by atoms with Gasteiger partial charge in [-0.1, -0.05) is 13.8 Å². The van der Waals surface area contributed by atoms with Gasteiger partial charge in [0.1, 0.15) is 5.84 Å². The summed E-state index contributed by atoms with van der Waals surface area (Å²) in [7, 11) is -2.07. The molecule has 19 heavy (non-hydrogen) atoms. The Bertz CT molecular complexity index is 537. The van der Waals surface area contributed by atoms with E-state index in [9.17, 15) is 8.42 Å². The van der Waals surface area contributed by atoms with Gasteiger partial charge in [-0.3, -0.25) is 9.71 Å². The van der Waals surface area contributed by atoms with Crippen molar-refractivity contribution >= 4 is 21.7 Å². The van der Waals surface area contributed by atoms with Gasteiger partial charge >= 0.3 is 10.2 Å². The quantitative estimate of drug-likeness (QED) is 0.534. The summed E-state index contributed by atoms with van der Waals surface area (Å²) >= 11 is 0. The number of nitrogen functional groups attached to an aromatic ring is 1. The number of benzene rings is 1. The molecule has 0 amide bonds. The highest BCUT2D eigenvalue weighted by Crippen LogP contribution is 2.16. The fraction of sp³-hybridized carbons (Fsp3) is 0.417. The number of hydrogen-bond acceptors (Lipinski definition) is 3. The highest BCUT2D eigenvalue weighted by molar-refractivity contribution is 7.90. The van der Waals surface area contributed by atoms with E-state index in [-0.39, 0.29) is 11.8 Å². The number of anilines is 1. The molecule has 1 rings (SSSR count). The molecule has 0 aliphatic carbocycles. The van der Waals surface area contributed by atoms with Crippen LogP contribution >= 0.6 is 0 Å². The standard InChI is InChI=1S/C12H20N4O2S/c1-9(2)8-15-19(17,18)16(3)11-6-4-10(5-7-11)12(13)14/h4-7,9,15H,8H2,1-3H3,(H3,13,14). The Hall–Kier alpha value is -1.60. The van der Waals surface area contributed by atoms with Crippen LogP contribution in [0.3, 0.4) is 0 Å². The van der Waals surface area contributed by atoms with Crippen LogP contribution in [-0.2, 0) is 10.2 Å². The second-order valence-corrected chi connectivity index (χ2v) is 6.46. The van der Waals surface area contributed by atoms with Gasteiger partial charge in [-0.25, -0.2) is 0 Å². The van der Waals surface area contributed by atoms with Crippen molar-refractivity contribution in [2.24, 2.45) is 11.7 Å². The molecule has 0 saturated heterocycles. The topological polar surface area (TPSA) is 99.3 Å². The van der Waals surface area contributed by atoms with Crippen LogP contribution in [0.15, 0.2) is 24.3 Å². The molecule has 0 aliphatic heterocycles. The Balaban J connectivity index is 2.87. The number of rotatable bonds is 6. The minimum atomic E-state index is -3.54. The first-order valence-electron chi connectivity index (χ1n) is 5.92. The molecule has 0 spiro atoms. The lowest BCUT2D eigenvalue weighted by Crippen LogP contribution is -2.39. The molecule has 0 heterocycles. The second kappa shape index (κ2) is 6.03. The molecule has 0 radical (unpaired) electrons. The molecule has 0 atom stereocenters. The highest BCUT2D eigenvalue weighted by atomic mass is 32.2. The maximum absolute atomic E-state index is 12.0. The fourth-order valence-electron chi connectivity index (χ4n) is 1.36. The van der Waals surface area contributed by atoms with Crippen molar-refractivity contribution in [2.45, 2.75) is 13.8 Å². The smallest absolute Gasteiger partial charge is 0.301 e. The first kappa shape index (κ1) is 15.5. The van der Waals surface area contributed by atoms with Crippen LogP contribution in [0.4, 0.5) is 5.69 Å². The number of amidine groups is 1. The lowest BCUT2D eigenvalue weighted by Gasteiger charge is -2.20. The maximum Gasteiger partial charge on any atom is 0.301 e. The van der Waals surface area contributed by atoms with E-state index in [0.29, 0.717) is 17.8 Å². The first-order valence-corrected chi connectivity index (χ1v) is 7.36. The van der Waals surface area contributed by atoms with E-state index in [1.807, 2.05) is 13.8 Å². The largest absolute Gasteiger partial charge is 0.384 e. The van der Waals surface area contributed by atoms with Gasteiger partial charge in [-0.05, 0) is 30.2 Å². The lowest BCUT2D eigenvalue weighted by molar-refractivity contribution is 0.558. The summed E-state index contributed by atoms with van der Waals surface area (Å²) in [6.45, 7) is 4.26. The van der Waals surface area contributed by atoms with E-state index >= 15 is 0 Å². The van der Waals surface area contributed by atoms with Crippen molar-refractivity contribution in [3.05, 3.63) is 29.8 Å². The third-order valence-corrected chi connectivity index (χ3v) is 4.04. The van der Waals surface area contributed by atoms with Crippen molar-refractivity contribution in [3.8, 4) is 0 Å². The molecule has 0 saturated carbocycles. The fourth-order valence-corrected chi connectivity index (χ4v) is 2.50. The zero-order valence-corrected chi connectivity index (χ0v) is 12.2. The summed E-state index contributed by atoms with van der Waals surface area (Å²) in [5.74, 6) is 0.193. The molecular formula is C12H20N4O2S. The third kappa shape index (κ3) is 4.22. The Morgan fingerprint density at radius 1 is 1.37 bits per heavy atom. The summed E-state index contributed by atoms with van der Waals surface area (Å²) < 4.78 is 27.7. The lowest BCUT2D eigenvalue weighted by atomic mass is 10.2. The SMILES string of the molecule is CC(C)CNS(=O)(=O)N(C)c1ccc(C(=N)N)cc1. The molecule has 0 unspecified atom stereocenters. The van der Waals surface area contributed by atoms with E-state index in [0.717, 1.165) is 0 Å². The second-order valence-electron chi connectivity index (χ2n) is 4.68. The summed E-state index contributed by atoms with van der Waals surface area (Å²) in [6, 6.07) is 6.47. The van der Waals surface area contributed by atoms with Gasteiger partial charge in [-0.15, -0.1) is 0 Å².